The fraction of sp³-hybridized carbons (Fsp3) is 0.360. The Morgan fingerprint density at radius 2 is 1.48 bits per heavy atom. The van der Waals surface area contributed by atoms with Gasteiger partial charge in [0.1, 0.15) is 5.75 Å². The summed E-state index contributed by atoms with van der Waals surface area (Å²) in [5.41, 5.74) is 4.89. The second-order valence-corrected chi connectivity index (χ2v) is 9.19. The molecule has 0 fully saturated rings. The number of phenolic OH excluding ortho intramolecular Hbond substituents is 1. The molecule has 1 heterocycles. The Kier molecular flexibility index (Phi) is 4.81. The first-order valence-electron chi connectivity index (χ1n) is 10.2. The van der Waals surface area contributed by atoms with Crippen LogP contribution >= 0.6 is 0 Å². The topological polar surface area (TPSA) is 66.4 Å². The molecule has 0 bridgehead atoms. The molecule has 1 aliphatic heterocycles. The minimum Gasteiger partial charge on any atom is -0.508 e. The maximum atomic E-state index is 13.1. The second-order valence-electron chi connectivity index (χ2n) is 9.19. The van der Waals surface area contributed by atoms with E-state index < -0.39 is 0 Å². The van der Waals surface area contributed by atoms with Crippen molar-refractivity contribution in [3.63, 3.8) is 0 Å². The van der Waals surface area contributed by atoms with Crippen molar-refractivity contribution in [3.8, 4) is 5.75 Å². The molecule has 150 valence electrons. The molecule has 0 saturated heterocycles. The normalized spacial score (nSPS) is 22.3. The van der Waals surface area contributed by atoms with E-state index in [2.05, 4.69) is 50.4 Å². The van der Waals surface area contributed by atoms with E-state index >= 15 is 0 Å². The zero-order valence-corrected chi connectivity index (χ0v) is 17.2. The summed E-state index contributed by atoms with van der Waals surface area (Å²) in [5.74, 6) is 0.0646. The highest BCUT2D eigenvalue weighted by Gasteiger charge is 2.38. The van der Waals surface area contributed by atoms with Crippen molar-refractivity contribution in [2.75, 3.05) is 0 Å². The van der Waals surface area contributed by atoms with Crippen LogP contribution in [0.3, 0.4) is 0 Å². The first kappa shape index (κ1) is 19.4. The molecule has 0 saturated carbocycles. The SMILES string of the molecule is CC(C)(C)c1ccc(C2CC(=O)C3=C(C2)NC(=O)CC3c2ccc(O)cc2)cc1. The van der Waals surface area contributed by atoms with Crippen molar-refractivity contribution < 1.29 is 14.7 Å². The number of benzene rings is 2. The van der Waals surface area contributed by atoms with E-state index in [9.17, 15) is 14.7 Å². The molecule has 29 heavy (non-hydrogen) atoms. The molecule has 4 heteroatoms. The molecule has 1 aliphatic carbocycles. The van der Waals surface area contributed by atoms with Gasteiger partial charge in [0, 0.05) is 30.0 Å². The van der Waals surface area contributed by atoms with Gasteiger partial charge in [0.25, 0.3) is 0 Å². The summed E-state index contributed by atoms with van der Waals surface area (Å²) in [6.45, 7) is 6.55. The Morgan fingerprint density at radius 1 is 0.862 bits per heavy atom. The molecule has 2 aromatic carbocycles. The lowest BCUT2D eigenvalue weighted by Gasteiger charge is -2.34. The van der Waals surface area contributed by atoms with Gasteiger partial charge in [-0.05, 0) is 46.6 Å². The molecule has 4 nitrogen and oxygen atoms in total. The predicted octanol–water partition coefficient (Wildman–Crippen LogP) is 4.69. The Morgan fingerprint density at radius 3 is 2.10 bits per heavy atom. The lowest BCUT2D eigenvalue weighted by molar-refractivity contribution is -0.122. The fourth-order valence-electron chi connectivity index (χ4n) is 4.44. The first-order chi connectivity index (χ1) is 13.7. The van der Waals surface area contributed by atoms with Crippen molar-refractivity contribution in [3.05, 3.63) is 76.5 Å². The van der Waals surface area contributed by atoms with Gasteiger partial charge in [-0.25, -0.2) is 0 Å². The molecule has 2 unspecified atom stereocenters. The van der Waals surface area contributed by atoms with E-state index in [1.165, 1.54) is 5.56 Å². The number of hydrogen-bond donors (Lipinski definition) is 2. The molecule has 1 amide bonds. The van der Waals surface area contributed by atoms with Crippen LogP contribution in [0.25, 0.3) is 0 Å². The number of Topliss-reactive ketones (excluding diaryl/α,β-unsaturated/α-hetero) is 1. The number of carbonyl (C=O) groups excluding carboxylic acids is 2. The minimum atomic E-state index is -0.240. The number of amides is 1. The molecule has 0 spiro atoms. The number of aromatic hydroxyl groups is 1. The maximum Gasteiger partial charge on any atom is 0.225 e. The number of hydrogen-bond acceptors (Lipinski definition) is 3. The maximum absolute atomic E-state index is 13.1. The number of nitrogens with one attached hydrogen (secondary N) is 1. The van der Waals surface area contributed by atoms with Crippen LogP contribution in [-0.2, 0) is 15.0 Å². The average molecular weight is 389 g/mol. The molecule has 4 rings (SSSR count). The second kappa shape index (κ2) is 7.18. The van der Waals surface area contributed by atoms with Crippen LogP contribution in [0.2, 0.25) is 0 Å². The van der Waals surface area contributed by atoms with Gasteiger partial charge in [-0.1, -0.05) is 57.2 Å². The van der Waals surface area contributed by atoms with Gasteiger partial charge < -0.3 is 10.4 Å². The summed E-state index contributed by atoms with van der Waals surface area (Å²) in [4.78, 5) is 25.5. The highest BCUT2D eigenvalue weighted by molar-refractivity contribution is 6.02. The lowest BCUT2D eigenvalue weighted by Crippen LogP contribution is -2.38. The van der Waals surface area contributed by atoms with E-state index in [1.54, 1.807) is 24.3 Å². The van der Waals surface area contributed by atoms with Crippen LogP contribution in [0.5, 0.6) is 5.75 Å². The highest BCUT2D eigenvalue weighted by Crippen LogP contribution is 2.43. The zero-order valence-electron chi connectivity index (χ0n) is 17.2. The molecule has 2 N–H and O–H groups in total. The number of ketones is 1. The van der Waals surface area contributed by atoms with Crippen molar-refractivity contribution in [2.24, 2.45) is 0 Å². The van der Waals surface area contributed by atoms with Gasteiger partial charge in [-0.2, -0.15) is 0 Å². The van der Waals surface area contributed by atoms with Crippen LogP contribution in [0.15, 0.2) is 59.8 Å². The summed E-state index contributed by atoms with van der Waals surface area (Å²) in [6.07, 6.45) is 1.38. The number of carbonyl (C=O) groups is 2. The quantitative estimate of drug-likeness (QED) is 0.783. The third kappa shape index (κ3) is 3.84. The summed E-state index contributed by atoms with van der Waals surface area (Å²) >= 11 is 0. The molecular formula is C25H27NO3. The molecule has 2 aliphatic rings. The van der Waals surface area contributed by atoms with Gasteiger partial charge in [-0.15, -0.1) is 0 Å². The third-order valence-corrected chi connectivity index (χ3v) is 6.08. The van der Waals surface area contributed by atoms with Crippen LogP contribution in [0.1, 0.15) is 68.6 Å². The Hall–Kier alpha value is -2.88. The smallest absolute Gasteiger partial charge is 0.225 e. The van der Waals surface area contributed by atoms with Crippen molar-refractivity contribution in [1.82, 2.24) is 5.32 Å². The van der Waals surface area contributed by atoms with Gasteiger partial charge in [0.15, 0.2) is 5.78 Å². The van der Waals surface area contributed by atoms with Crippen LogP contribution in [0.4, 0.5) is 0 Å². The molecule has 2 atom stereocenters. The van der Waals surface area contributed by atoms with Crippen LogP contribution < -0.4 is 5.32 Å². The van der Waals surface area contributed by atoms with E-state index in [-0.39, 0.29) is 41.1 Å². The van der Waals surface area contributed by atoms with E-state index in [1.807, 2.05) is 0 Å². The van der Waals surface area contributed by atoms with Gasteiger partial charge >= 0.3 is 0 Å². The Labute approximate surface area is 171 Å². The summed E-state index contributed by atoms with van der Waals surface area (Å²) < 4.78 is 0. The lowest BCUT2D eigenvalue weighted by atomic mass is 9.73. The van der Waals surface area contributed by atoms with Crippen LogP contribution in [-0.4, -0.2) is 16.8 Å². The van der Waals surface area contributed by atoms with E-state index in [0.29, 0.717) is 12.8 Å². The average Bonchev–Trinajstić information content (AvgIpc) is 2.67. The van der Waals surface area contributed by atoms with Gasteiger partial charge in [-0.3, -0.25) is 9.59 Å². The van der Waals surface area contributed by atoms with Gasteiger partial charge in [0.2, 0.25) is 5.91 Å². The standard InChI is InChI=1S/C25H27NO3/c1-25(2,3)18-8-4-15(5-9-18)17-12-21-24(22(28)13-17)20(14-23(29)26-21)16-6-10-19(27)11-7-16/h4-11,17,20,27H,12-14H2,1-3H3,(H,26,29). The molecular weight excluding hydrogens is 362 g/mol. The van der Waals surface area contributed by atoms with E-state index in [4.69, 9.17) is 0 Å². The molecule has 0 aromatic heterocycles. The zero-order chi connectivity index (χ0) is 20.8. The van der Waals surface area contributed by atoms with Crippen molar-refractivity contribution in [1.29, 1.82) is 0 Å². The Balaban J connectivity index is 1.65. The third-order valence-electron chi connectivity index (χ3n) is 6.08. The molecule has 0 radical (unpaired) electrons. The molecule has 2 aromatic rings. The summed E-state index contributed by atoms with van der Waals surface area (Å²) in [6, 6.07) is 15.3. The minimum absolute atomic E-state index is 0.0571. The summed E-state index contributed by atoms with van der Waals surface area (Å²) in [5, 5.41) is 12.5. The predicted molar refractivity (Wildman–Crippen MR) is 113 cm³/mol. The van der Waals surface area contributed by atoms with Crippen molar-refractivity contribution >= 4 is 11.7 Å². The van der Waals surface area contributed by atoms with Crippen LogP contribution in [0, 0.1) is 0 Å². The number of allylic oxidation sites excluding steroid dienone is 2. The number of phenols is 1. The Bertz CT molecular complexity index is 978. The largest absolute Gasteiger partial charge is 0.508 e. The van der Waals surface area contributed by atoms with E-state index in [0.717, 1.165) is 22.4 Å². The monoisotopic (exact) mass is 389 g/mol. The first-order valence-corrected chi connectivity index (χ1v) is 10.2. The highest BCUT2D eigenvalue weighted by atomic mass is 16.3. The number of rotatable bonds is 2. The van der Waals surface area contributed by atoms with Gasteiger partial charge in [0.05, 0.1) is 0 Å². The fourth-order valence-corrected chi connectivity index (χ4v) is 4.44. The van der Waals surface area contributed by atoms with Crippen molar-refractivity contribution in [2.45, 2.75) is 57.3 Å². The summed E-state index contributed by atoms with van der Waals surface area (Å²) in [7, 11) is 0.